The fourth-order valence-electron chi connectivity index (χ4n) is 1.78. The van der Waals surface area contributed by atoms with Gasteiger partial charge in [0.05, 0.1) is 11.9 Å². The van der Waals surface area contributed by atoms with Crippen LogP contribution in [-0.2, 0) is 0 Å². The highest BCUT2D eigenvalue weighted by molar-refractivity contribution is 6.29. The molecule has 72 valence electrons. The lowest BCUT2D eigenvalue weighted by Gasteiger charge is -2.22. The number of rotatable bonds is 1. The minimum absolute atomic E-state index is 0.509. The molecule has 0 N–H and O–H groups in total. The summed E-state index contributed by atoms with van der Waals surface area (Å²) in [6.45, 7) is 0. The van der Waals surface area contributed by atoms with E-state index in [1.807, 2.05) is 12.3 Å². The van der Waals surface area contributed by atoms with E-state index in [1.165, 1.54) is 19.3 Å². The minimum atomic E-state index is 0.509. The van der Waals surface area contributed by atoms with Gasteiger partial charge in [-0.25, -0.2) is 9.50 Å². The van der Waals surface area contributed by atoms with E-state index in [-0.39, 0.29) is 0 Å². The van der Waals surface area contributed by atoms with Crippen LogP contribution in [-0.4, -0.2) is 14.6 Å². The van der Waals surface area contributed by atoms with Crippen LogP contribution in [0, 0.1) is 0 Å². The number of fused-ring (bicyclic) bond motifs is 1. The first-order valence-corrected chi connectivity index (χ1v) is 5.22. The van der Waals surface area contributed by atoms with Gasteiger partial charge in [-0.3, -0.25) is 0 Å². The average molecular weight is 208 g/mol. The van der Waals surface area contributed by atoms with Crippen LogP contribution < -0.4 is 0 Å². The van der Waals surface area contributed by atoms with Gasteiger partial charge in [0.25, 0.3) is 0 Å². The molecule has 1 fully saturated rings. The summed E-state index contributed by atoms with van der Waals surface area (Å²) in [5, 5.41) is 4.67. The zero-order valence-electron chi connectivity index (χ0n) is 7.65. The summed E-state index contributed by atoms with van der Waals surface area (Å²) in [5.41, 5.74) is 2.04. The molecule has 2 aromatic rings. The minimum Gasteiger partial charge on any atom is -0.232 e. The quantitative estimate of drug-likeness (QED) is 0.720. The maximum Gasteiger partial charge on any atom is 0.153 e. The number of hydrogen-bond donors (Lipinski definition) is 0. The van der Waals surface area contributed by atoms with E-state index in [4.69, 9.17) is 11.6 Å². The van der Waals surface area contributed by atoms with Crippen LogP contribution in [0.25, 0.3) is 5.65 Å². The van der Waals surface area contributed by atoms with Crippen molar-refractivity contribution in [1.82, 2.24) is 14.6 Å². The lowest BCUT2D eigenvalue weighted by molar-refractivity contribution is 0.412. The summed E-state index contributed by atoms with van der Waals surface area (Å²) in [6.07, 6.45) is 5.84. The normalized spacial score (nSPS) is 17.2. The van der Waals surface area contributed by atoms with Crippen molar-refractivity contribution in [2.24, 2.45) is 0 Å². The molecule has 0 atom stereocenters. The Labute approximate surface area is 86.7 Å². The van der Waals surface area contributed by atoms with Crippen LogP contribution in [0.2, 0.25) is 5.15 Å². The number of aromatic nitrogens is 3. The molecule has 3 nitrogen and oxygen atoms in total. The molecule has 0 bridgehead atoms. The van der Waals surface area contributed by atoms with Gasteiger partial charge in [0.2, 0.25) is 0 Å². The van der Waals surface area contributed by atoms with Gasteiger partial charge in [0, 0.05) is 5.92 Å². The highest BCUT2D eigenvalue weighted by Gasteiger charge is 2.22. The Morgan fingerprint density at radius 1 is 1.36 bits per heavy atom. The second kappa shape index (κ2) is 2.95. The molecule has 1 aliphatic rings. The molecule has 1 saturated carbocycles. The lowest BCUT2D eigenvalue weighted by Crippen LogP contribution is -2.08. The Morgan fingerprint density at radius 2 is 2.21 bits per heavy atom. The van der Waals surface area contributed by atoms with Crippen LogP contribution >= 0.6 is 11.6 Å². The molecule has 0 radical (unpaired) electrons. The molecule has 2 aromatic heterocycles. The third-order valence-electron chi connectivity index (χ3n) is 2.83. The summed E-state index contributed by atoms with van der Waals surface area (Å²) in [6, 6.07) is 3.67. The molecule has 0 spiro atoms. The SMILES string of the molecule is Clc1ccc2nc(C3CCC3)cn2n1. The Hall–Kier alpha value is -1.09. The van der Waals surface area contributed by atoms with Crippen molar-refractivity contribution in [3.8, 4) is 0 Å². The van der Waals surface area contributed by atoms with Gasteiger partial charge in [0.1, 0.15) is 5.15 Å². The van der Waals surface area contributed by atoms with Crippen molar-refractivity contribution in [1.29, 1.82) is 0 Å². The average Bonchev–Trinajstić information content (AvgIpc) is 2.43. The Kier molecular flexibility index (Phi) is 1.74. The predicted molar refractivity (Wildman–Crippen MR) is 54.6 cm³/mol. The van der Waals surface area contributed by atoms with Crippen LogP contribution in [0.15, 0.2) is 18.3 Å². The van der Waals surface area contributed by atoms with Crippen LogP contribution in [0.4, 0.5) is 0 Å². The van der Waals surface area contributed by atoms with E-state index in [0.29, 0.717) is 11.1 Å². The van der Waals surface area contributed by atoms with E-state index >= 15 is 0 Å². The highest BCUT2D eigenvalue weighted by Crippen LogP contribution is 2.35. The molecule has 0 aromatic carbocycles. The Morgan fingerprint density at radius 3 is 2.93 bits per heavy atom. The molecule has 1 aliphatic carbocycles. The van der Waals surface area contributed by atoms with Gasteiger partial charge in [-0.1, -0.05) is 18.0 Å². The maximum absolute atomic E-state index is 5.80. The summed E-state index contributed by atoms with van der Waals surface area (Å²) in [7, 11) is 0. The molecular weight excluding hydrogens is 198 g/mol. The third kappa shape index (κ3) is 1.20. The summed E-state index contributed by atoms with van der Waals surface area (Å²) >= 11 is 5.80. The summed E-state index contributed by atoms with van der Waals surface area (Å²) < 4.78 is 1.76. The van der Waals surface area contributed by atoms with Crippen molar-refractivity contribution in [3.05, 3.63) is 29.2 Å². The van der Waals surface area contributed by atoms with Crippen molar-refractivity contribution in [2.75, 3.05) is 0 Å². The Balaban J connectivity index is 2.10. The van der Waals surface area contributed by atoms with Crippen molar-refractivity contribution in [2.45, 2.75) is 25.2 Å². The van der Waals surface area contributed by atoms with Crippen molar-refractivity contribution < 1.29 is 0 Å². The predicted octanol–water partition coefficient (Wildman–Crippen LogP) is 2.65. The second-order valence-electron chi connectivity index (χ2n) is 3.75. The van der Waals surface area contributed by atoms with Crippen LogP contribution in [0.5, 0.6) is 0 Å². The van der Waals surface area contributed by atoms with Crippen LogP contribution in [0.1, 0.15) is 30.9 Å². The number of nitrogens with zero attached hydrogens (tertiary/aromatic N) is 3. The number of hydrogen-bond acceptors (Lipinski definition) is 2. The zero-order chi connectivity index (χ0) is 9.54. The third-order valence-corrected chi connectivity index (χ3v) is 3.03. The van der Waals surface area contributed by atoms with E-state index < -0.39 is 0 Å². The zero-order valence-corrected chi connectivity index (χ0v) is 8.41. The summed E-state index contributed by atoms with van der Waals surface area (Å²) in [5.74, 6) is 0.649. The van der Waals surface area contributed by atoms with E-state index in [9.17, 15) is 0 Å². The standard InChI is InChI=1S/C10H10ClN3/c11-9-4-5-10-12-8(6-14(10)13-9)7-2-1-3-7/h4-7H,1-3H2. The molecule has 0 aliphatic heterocycles. The monoisotopic (exact) mass is 207 g/mol. The Bertz CT molecular complexity index is 473. The fraction of sp³-hybridized carbons (Fsp3) is 0.400. The highest BCUT2D eigenvalue weighted by atomic mass is 35.5. The van der Waals surface area contributed by atoms with Gasteiger partial charge >= 0.3 is 0 Å². The second-order valence-corrected chi connectivity index (χ2v) is 4.14. The first kappa shape index (κ1) is 8.24. The smallest absolute Gasteiger partial charge is 0.153 e. The molecular formula is C10H10ClN3. The molecule has 0 saturated heterocycles. The molecule has 0 amide bonds. The largest absolute Gasteiger partial charge is 0.232 e. The van der Waals surface area contributed by atoms with E-state index in [1.54, 1.807) is 10.6 Å². The van der Waals surface area contributed by atoms with E-state index in [2.05, 4.69) is 10.1 Å². The van der Waals surface area contributed by atoms with Gasteiger partial charge < -0.3 is 0 Å². The van der Waals surface area contributed by atoms with Gasteiger partial charge in [-0.2, -0.15) is 5.10 Å². The van der Waals surface area contributed by atoms with Crippen LogP contribution in [0.3, 0.4) is 0 Å². The van der Waals surface area contributed by atoms with Gasteiger partial charge in [-0.15, -0.1) is 0 Å². The summed E-state index contributed by atoms with van der Waals surface area (Å²) in [4.78, 5) is 4.52. The number of imidazole rings is 1. The molecule has 14 heavy (non-hydrogen) atoms. The van der Waals surface area contributed by atoms with Gasteiger partial charge in [0.15, 0.2) is 5.65 Å². The molecule has 4 heteroatoms. The van der Waals surface area contributed by atoms with Crippen molar-refractivity contribution >= 4 is 17.2 Å². The topological polar surface area (TPSA) is 30.2 Å². The molecule has 2 heterocycles. The maximum atomic E-state index is 5.80. The van der Waals surface area contributed by atoms with E-state index in [0.717, 1.165) is 11.3 Å². The first-order chi connectivity index (χ1) is 6.83. The molecule has 0 unspecified atom stereocenters. The fourth-order valence-corrected chi connectivity index (χ4v) is 1.92. The first-order valence-electron chi connectivity index (χ1n) is 4.85. The number of halogens is 1. The lowest BCUT2D eigenvalue weighted by atomic mass is 9.83. The van der Waals surface area contributed by atoms with Crippen molar-refractivity contribution in [3.63, 3.8) is 0 Å². The van der Waals surface area contributed by atoms with Gasteiger partial charge in [-0.05, 0) is 25.0 Å². The molecule has 3 rings (SSSR count).